The van der Waals surface area contributed by atoms with E-state index in [4.69, 9.17) is 0 Å². The SMILES string of the molecule is CCNC(=NCc1ccc(OCC(F)(F)F)nc1)NCC1CCCS1. The smallest absolute Gasteiger partial charge is 0.422 e. The normalized spacial score (nSPS) is 18.2. The Morgan fingerprint density at radius 3 is 2.84 bits per heavy atom. The molecule has 0 saturated carbocycles. The number of guanidine groups is 1. The first-order chi connectivity index (χ1) is 12.0. The number of pyridine rings is 1. The molecule has 1 aromatic rings. The van der Waals surface area contributed by atoms with Crippen molar-refractivity contribution in [1.29, 1.82) is 0 Å². The van der Waals surface area contributed by atoms with Gasteiger partial charge in [-0.25, -0.2) is 9.98 Å². The Balaban J connectivity index is 1.83. The summed E-state index contributed by atoms with van der Waals surface area (Å²) < 4.78 is 40.9. The van der Waals surface area contributed by atoms with Crippen LogP contribution in [0.25, 0.3) is 0 Å². The van der Waals surface area contributed by atoms with Gasteiger partial charge in [-0.05, 0) is 31.1 Å². The van der Waals surface area contributed by atoms with Gasteiger partial charge in [-0.1, -0.05) is 6.07 Å². The number of nitrogens with one attached hydrogen (secondary N) is 2. The molecule has 1 saturated heterocycles. The van der Waals surface area contributed by atoms with Crippen LogP contribution in [0.5, 0.6) is 5.88 Å². The third-order valence-electron chi connectivity index (χ3n) is 3.47. The third kappa shape index (κ3) is 7.85. The molecule has 1 atom stereocenters. The minimum absolute atomic E-state index is 0.0478. The van der Waals surface area contributed by atoms with Crippen molar-refractivity contribution in [3.05, 3.63) is 23.9 Å². The first kappa shape index (κ1) is 19.7. The monoisotopic (exact) mass is 376 g/mol. The van der Waals surface area contributed by atoms with Crippen molar-refractivity contribution in [3.8, 4) is 5.88 Å². The molecule has 9 heteroatoms. The van der Waals surface area contributed by atoms with E-state index >= 15 is 0 Å². The Hall–Kier alpha value is -1.64. The second-order valence-corrected chi connectivity index (χ2v) is 7.03. The van der Waals surface area contributed by atoms with E-state index in [1.54, 1.807) is 6.07 Å². The molecule has 2 heterocycles. The fourth-order valence-corrected chi connectivity index (χ4v) is 3.47. The minimum Gasteiger partial charge on any atom is -0.468 e. The first-order valence-electron chi connectivity index (χ1n) is 8.24. The van der Waals surface area contributed by atoms with Gasteiger partial charge in [-0.3, -0.25) is 0 Å². The van der Waals surface area contributed by atoms with Crippen LogP contribution in [0, 0.1) is 0 Å². The van der Waals surface area contributed by atoms with Gasteiger partial charge >= 0.3 is 6.18 Å². The maximum atomic E-state index is 12.1. The Kier molecular flexibility index (Phi) is 7.67. The lowest BCUT2D eigenvalue weighted by molar-refractivity contribution is -0.154. The van der Waals surface area contributed by atoms with Crippen molar-refractivity contribution in [2.24, 2.45) is 4.99 Å². The highest BCUT2D eigenvalue weighted by atomic mass is 32.2. The zero-order chi connectivity index (χ0) is 18.1. The number of thioether (sulfide) groups is 1. The highest BCUT2D eigenvalue weighted by Crippen LogP contribution is 2.25. The molecule has 0 spiro atoms. The number of aliphatic imine (C=N–C) groups is 1. The summed E-state index contributed by atoms with van der Waals surface area (Å²) in [6.07, 6.45) is -0.403. The predicted molar refractivity (Wildman–Crippen MR) is 94.1 cm³/mol. The van der Waals surface area contributed by atoms with Gasteiger partial charge in [0.25, 0.3) is 0 Å². The number of aromatic nitrogens is 1. The first-order valence-corrected chi connectivity index (χ1v) is 9.29. The van der Waals surface area contributed by atoms with Crippen LogP contribution >= 0.6 is 11.8 Å². The molecule has 2 rings (SSSR count). The van der Waals surface area contributed by atoms with Gasteiger partial charge in [0.2, 0.25) is 5.88 Å². The topological polar surface area (TPSA) is 58.5 Å². The van der Waals surface area contributed by atoms with E-state index in [9.17, 15) is 13.2 Å². The van der Waals surface area contributed by atoms with Crippen LogP contribution in [0.4, 0.5) is 13.2 Å². The standard InChI is InChI=1S/C16H23F3N4OS/c1-2-20-15(23-10-13-4-3-7-25-13)22-9-12-5-6-14(21-8-12)24-11-16(17,18)19/h5-6,8,13H,2-4,7,9-11H2,1H3,(H2,20,22,23). The second-order valence-electron chi connectivity index (χ2n) is 5.62. The number of rotatable bonds is 7. The van der Waals surface area contributed by atoms with Crippen molar-refractivity contribution in [1.82, 2.24) is 15.6 Å². The van der Waals surface area contributed by atoms with Crippen LogP contribution in [0.3, 0.4) is 0 Å². The van der Waals surface area contributed by atoms with Crippen LogP contribution in [-0.4, -0.2) is 47.8 Å². The van der Waals surface area contributed by atoms with E-state index in [1.165, 1.54) is 30.9 Å². The molecular formula is C16H23F3N4OS. The number of ether oxygens (including phenoxy) is 1. The average Bonchev–Trinajstić information content (AvgIpc) is 3.09. The molecule has 0 aliphatic carbocycles. The summed E-state index contributed by atoms with van der Waals surface area (Å²) in [5.74, 6) is 1.90. The molecular weight excluding hydrogens is 353 g/mol. The summed E-state index contributed by atoms with van der Waals surface area (Å²) in [7, 11) is 0. The second kappa shape index (κ2) is 9.74. The molecule has 1 fully saturated rings. The maximum Gasteiger partial charge on any atom is 0.422 e. The Bertz CT molecular complexity index is 545. The van der Waals surface area contributed by atoms with Crippen LogP contribution in [0.1, 0.15) is 25.3 Å². The van der Waals surface area contributed by atoms with Crippen molar-refractivity contribution in [2.75, 3.05) is 25.4 Å². The van der Waals surface area contributed by atoms with Gasteiger partial charge < -0.3 is 15.4 Å². The highest BCUT2D eigenvalue weighted by Gasteiger charge is 2.28. The lowest BCUT2D eigenvalue weighted by atomic mass is 10.2. The molecule has 0 amide bonds. The molecule has 0 bridgehead atoms. The van der Waals surface area contributed by atoms with Crippen LogP contribution in [-0.2, 0) is 6.54 Å². The maximum absolute atomic E-state index is 12.1. The summed E-state index contributed by atoms with van der Waals surface area (Å²) in [6, 6.07) is 3.09. The van der Waals surface area contributed by atoms with E-state index in [1.807, 2.05) is 18.7 Å². The molecule has 1 aliphatic heterocycles. The number of halogens is 3. The van der Waals surface area contributed by atoms with Crippen LogP contribution in [0.15, 0.2) is 23.3 Å². The quantitative estimate of drug-likeness (QED) is 0.566. The lowest BCUT2D eigenvalue weighted by Gasteiger charge is -2.14. The number of hydrogen-bond acceptors (Lipinski definition) is 4. The summed E-state index contributed by atoms with van der Waals surface area (Å²) >= 11 is 1.98. The molecule has 1 unspecified atom stereocenters. The fraction of sp³-hybridized carbons (Fsp3) is 0.625. The predicted octanol–water partition coefficient (Wildman–Crippen LogP) is 2.97. The molecule has 1 aromatic heterocycles. The largest absolute Gasteiger partial charge is 0.468 e. The number of nitrogens with zero attached hydrogens (tertiary/aromatic N) is 2. The highest BCUT2D eigenvalue weighted by molar-refractivity contribution is 8.00. The van der Waals surface area contributed by atoms with E-state index in [-0.39, 0.29) is 5.88 Å². The van der Waals surface area contributed by atoms with E-state index in [0.717, 1.165) is 24.6 Å². The summed E-state index contributed by atoms with van der Waals surface area (Å²) in [5.41, 5.74) is 0.798. The fourth-order valence-electron chi connectivity index (χ4n) is 2.27. The van der Waals surface area contributed by atoms with Crippen LogP contribution < -0.4 is 15.4 Å². The zero-order valence-corrected chi connectivity index (χ0v) is 14.9. The Labute approximate surface area is 149 Å². The molecule has 5 nitrogen and oxygen atoms in total. The average molecular weight is 376 g/mol. The molecule has 25 heavy (non-hydrogen) atoms. The van der Waals surface area contributed by atoms with Gasteiger partial charge in [0.15, 0.2) is 12.6 Å². The van der Waals surface area contributed by atoms with Gasteiger partial charge in [-0.15, -0.1) is 0 Å². The molecule has 2 N–H and O–H groups in total. The van der Waals surface area contributed by atoms with Crippen molar-refractivity contribution in [3.63, 3.8) is 0 Å². The Morgan fingerprint density at radius 1 is 1.40 bits per heavy atom. The minimum atomic E-state index is -4.37. The van der Waals surface area contributed by atoms with Crippen molar-refractivity contribution in [2.45, 2.75) is 37.7 Å². The van der Waals surface area contributed by atoms with Gasteiger partial charge in [-0.2, -0.15) is 24.9 Å². The van der Waals surface area contributed by atoms with Gasteiger partial charge in [0, 0.05) is 30.6 Å². The summed E-state index contributed by atoms with van der Waals surface area (Å²) in [5, 5.41) is 7.13. The number of hydrogen-bond donors (Lipinski definition) is 2. The van der Waals surface area contributed by atoms with Gasteiger partial charge in [0.1, 0.15) is 0 Å². The van der Waals surface area contributed by atoms with Crippen LogP contribution in [0.2, 0.25) is 0 Å². The lowest BCUT2D eigenvalue weighted by Crippen LogP contribution is -2.40. The molecule has 1 aliphatic rings. The molecule has 140 valence electrons. The third-order valence-corrected chi connectivity index (χ3v) is 4.86. The van der Waals surface area contributed by atoms with E-state index < -0.39 is 12.8 Å². The zero-order valence-electron chi connectivity index (χ0n) is 14.1. The van der Waals surface area contributed by atoms with E-state index in [0.29, 0.717) is 11.8 Å². The number of alkyl halides is 3. The van der Waals surface area contributed by atoms with Crippen molar-refractivity contribution < 1.29 is 17.9 Å². The van der Waals surface area contributed by atoms with E-state index in [2.05, 4.69) is 25.3 Å². The molecule has 0 radical (unpaired) electrons. The molecule has 0 aromatic carbocycles. The Morgan fingerprint density at radius 2 is 2.24 bits per heavy atom. The summed E-state index contributed by atoms with van der Waals surface area (Å²) in [4.78, 5) is 8.36. The van der Waals surface area contributed by atoms with Crippen molar-refractivity contribution >= 4 is 17.7 Å². The van der Waals surface area contributed by atoms with Gasteiger partial charge in [0.05, 0.1) is 6.54 Å². The summed E-state index contributed by atoms with van der Waals surface area (Å²) in [6.45, 7) is 2.67.